The van der Waals surface area contributed by atoms with Crippen LogP contribution in [-0.2, 0) is 0 Å². The summed E-state index contributed by atoms with van der Waals surface area (Å²) < 4.78 is 0. The van der Waals surface area contributed by atoms with Crippen LogP contribution in [0.1, 0.15) is 64.7 Å². The standard InChI is InChI=1S/C19H30O2/c1-18-10-3-2-5-13(18)7-8-14-15(18)9-12-19(17(20)21)11-4-6-16(14)19/h3,10,13-17,20-21H,2,4-9,11-12H2,1H3/t13?,14-,15+,16+,18+,19-/m1/s1. The van der Waals surface area contributed by atoms with Gasteiger partial charge in [-0.15, -0.1) is 0 Å². The van der Waals surface area contributed by atoms with Crippen molar-refractivity contribution in [3.05, 3.63) is 12.2 Å². The first-order valence-corrected chi connectivity index (χ1v) is 9.12. The van der Waals surface area contributed by atoms with E-state index in [0.717, 1.165) is 30.6 Å². The lowest BCUT2D eigenvalue weighted by Gasteiger charge is -2.59. The summed E-state index contributed by atoms with van der Waals surface area (Å²) in [5.74, 6) is 2.94. The molecule has 2 heteroatoms. The molecule has 4 aliphatic rings. The van der Waals surface area contributed by atoms with Gasteiger partial charge in [0, 0.05) is 5.41 Å². The zero-order valence-electron chi connectivity index (χ0n) is 13.3. The summed E-state index contributed by atoms with van der Waals surface area (Å²) in [6, 6.07) is 0. The van der Waals surface area contributed by atoms with E-state index < -0.39 is 6.29 Å². The van der Waals surface area contributed by atoms with Crippen LogP contribution >= 0.6 is 0 Å². The highest BCUT2D eigenvalue weighted by atomic mass is 16.5. The summed E-state index contributed by atoms with van der Waals surface area (Å²) in [6.07, 6.45) is 14.9. The second kappa shape index (κ2) is 4.83. The monoisotopic (exact) mass is 290 g/mol. The first-order valence-electron chi connectivity index (χ1n) is 9.12. The average Bonchev–Trinajstić information content (AvgIpc) is 2.92. The van der Waals surface area contributed by atoms with Crippen molar-refractivity contribution in [2.24, 2.45) is 34.5 Å². The molecule has 0 aromatic heterocycles. The molecule has 2 nitrogen and oxygen atoms in total. The van der Waals surface area contributed by atoms with E-state index in [1.165, 1.54) is 44.9 Å². The van der Waals surface area contributed by atoms with E-state index in [4.69, 9.17) is 0 Å². The van der Waals surface area contributed by atoms with Gasteiger partial charge >= 0.3 is 0 Å². The summed E-state index contributed by atoms with van der Waals surface area (Å²) in [7, 11) is 0. The zero-order chi connectivity index (χ0) is 14.7. The van der Waals surface area contributed by atoms with Gasteiger partial charge in [-0.2, -0.15) is 0 Å². The quantitative estimate of drug-likeness (QED) is 0.568. The molecular weight excluding hydrogens is 260 g/mol. The minimum absolute atomic E-state index is 0.164. The SMILES string of the molecule is C[C@]12C=CCCC1CC[C@H]1[C@@H]3CCC[C@@]3(C(O)O)CC[C@@H]12. The number of aliphatic hydroxyl groups excluding tert-OH is 1. The van der Waals surface area contributed by atoms with Crippen molar-refractivity contribution < 1.29 is 10.2 Å². The molecule has 0 radical (unpaired) electrons. The Bertz CT molecular complexity index is 443. The number of fused-ring (bicyclic) bond motifs is 5. The van der Waals surface area contributed by atoms with Gasteiger partial charge in [0.25, 0.3) is 0 Å². The predicted octanol–water partition coefficient (Wildman–Crippen LogP) is 3.88. The van der Waals surface area contributed by atoms with E-state index in [2.05, 4.69) is 19.1 Å². The Balaban J connectivity index is 1.68. The molecule has 0 aliphatic heterocycles. The molecule has 0 saturated heterocycles. The highest BCUT2D eigenvalue weighted by molar-refractivity contribution is 5.15. The molecule has 3 fully saturated rings. The lowest BCUT2D eigenvalue weighted by atomic mass is 9.46. The molecule has 21 heavy (non-hydrogen) atoms. The molecule has 1 unspecified atom stereocenters. The van der Waals surface area contributed by atoms with E-state index in [9.17, 15) is 10.2 Å². The van der Waals surface area contributed by atoms with E-state index >= 15 is 0 Å². The van der Waals surface area contributed by atoms with Crippen LogP contribution in [0, 0.1) is 34.5 Å². The fourth-order valence-corrected chi connectivity index (χ4v) is 6.97. The minimum Gasteiger partial charge on any atom is -0.368 e. The average molecular weight is 290 g/mol. The summed E-state index contributed by atoms with van der Waals surface area (Å²) >= 11 is 0. The molecular formula is C19H30O2. The van der Waals surface area contributed by atoms with E-state index in [1.54, 1.807) is 0 Å². The number of aliphatic hydroxyl groups is 2. The lowest BCUT2D eigenvalue weighted by Crippen LogP contribution is -2.54. The van der Waals surface area contributed by atoms with Crippen LogP contribution in [0.25, 0.3) is 0 Å². The molecule has 0 aromatic carbocycles. The summed E-state index contributed by atoms with van der Waals surface area (Å²) in [4.78, 5) is 0. The van der Waals surface area contributed by atoms with Crippen molar-refractivity contribution in [2.75, 3.05) is 0 Å². The van der Waals surface area contributed by atoms with E-state index in [-0.39, 0.29) is 5.41 Å². The number of hydrogen-bond donors (Lipinski definition) is 2. The third kappa shape index (κ3) is 1.84. The number of hydrogen-bond acceptors (Lipinski definition) is 2. The molecule has 6 atom stereocenters. The first-order chi connectivity index (χ1) is 10.1. The van der Waals surface area contributed by atoms with Crippen molar-refractivity contribution >= 4 is 0 Å². The molecule has 4 rings (SSSR count). The van der Waals surface area contributed by atoms with Crippen molar-refractivity contribution in [2.45, 2.75) is 71.0 Å². The zero-order valence-corrected chi connectivity index (χ0v) is 13.3. The highest BCUT2D eigenvalue weighted by Gasteiger charge is 2.59. The maximum atomic E-state index is 10.1. The highest BCUT2D eigenvalue weighted by Crippen LogP contribution is 2.65. The summed E-state index contributed by atoms with van der Waals surface area (Å²) in [5.41, 5.74) is 0.221. The van der Waals surface area contributed by atoms with Crippen LogP contribution in [0.5, 0.6) is 0 Å². The normalized spacial score (nSPS) is 52.4. The van der Waals surface area contributed by atoms with Gasteiger partial charge < -0.3 is 10.2 Å². The molecule has 0 spiro atoms. The van der Waals surface area contributed by atoms with Gasteiger partial charge in [-0.1, -0.05) is 25.5 Å². The fourth-order valence-electron chi connectivity index (χ4n) is 6.97. The van der Waals surface area contributed by atoms with Crippen molar-refractivity contribution in [3.63, 3.8) is 0 Å². The smallest absolute Gasteiger partial charge is 0.157 e. The molecule has 0 amide bonds. The Morgan fingerprint density at radius 2 is 1.86 bits per heavy atom. The predicted molar refractivity (Wildman–Crippen MR) is 83.4 cm³/mol. The van der Waals surface area contributed by atoms with Crippen LogP contribution < -0.4 is 0 Å². The van der Waals surface area contributed by atoms with Crippen molar-refractivity contribution in [1.29, 1.82) is 0 Å². The van der Waals surface area contributed by atoms with Gasteiger partial charge in [-0.25, -0.2) is 0 Å². The van der Waals surface area contributed by atoms with Crippen molar-refractivity contribution in [1.82, 2.24) is 0 Å². The largest absolute Gasteiger partial charge is 0.368 e. The third-order valence-corrected chi connectivity index (χ3v) is 8.05. The molecule has 2 N–H and O–H groups in total. The second-order valence-electron chi connectivity index (χ2n) is 8.53. The summed E-state index contributed by atoms with van der Waals surface area (Å²) in [5, 5.41) is 20.1. The second-order valence-corrected chi connectivity index (χ2v) is 8.53. The van der Waals surface area contributed by atoms with Gasteiger partial charge in [0.2, 0.25) is 0 Å². The fraction of sp³-hybridized carbons (Fsp3) is 0.895. The maximum Gasteiger partial charge on any atom is 0.157 e. The van der Waals surface area contributed by atoms with Gasteiger partial charge in [-0.05, 0) is 80.5 Å². The minimum atomic E-state index is -1.10. The van der Waals surface area contributed by atoms with E-state index in [0.29, 0.717) is 11.3 Å². The lowest BCUT2D eigenvalue weighted by molar-refractivity contribution is -0.193. The van der Waals surface area contributed by atoms with Crippen LogP contribution in [-0.4, -0.2) is 16.5 Å². The van der Waals surface area contributed by atoms with Gasteiger partial charge in [0.1, 0.15) is 0 Å². The van der Waals surface area contributed by atoms with Gasteiger partial charge in [-0.3, -0.25) is 0 Å². The van der Waals surface area contributed by atoms with Crippen LogP contribution in [0.4, 0.5) is 0 Å². The maximum absolute atomic E-state index is 10.1. The molecule has 118 valence electrons. The Hall–Kier alpha value is -0.340. The number of allylic oxidation sites excluding steroid dienone is 2. The Morgan fingerprint density at radius 3 is 2.67 bits per heavy atom. The number of rotatable bonds is 1. The Morgan fingerprint density at radius 1 is 1.00 bits per heavy atom. The van der Waals surface area contributed by atoms with E-state index in [1.807, 2.05) is 0 Å². The molecule has 0 aromatic rings. The molecule has 3 saturated carbocycles. The van der Waals surface area contributed by atoms with Crippen LogP contribution in [0.2, 0.25) is 0 Å². The third-order valence-electron chi connectivity index (χ3n) is 8.05. The van der Waals surface area contributed by atoms with Gasteiger partial charge in [0.15, 0.2) is 6.29 Å². The van der Waals surface area contributed by atoms with Crippen LogP contribution in [0.3, 0.4) is 0 Å². The van der Waals surface area contributed by atoms with Crippen molar-refractivity contribution in [3.8, 4) is 0 Å². The summed E-state index contributed by atoms with van der Waals surface area (Å²) in [6.45, 7) is 2.50. The molecule has 0 bridgehead atoms. The molecule has 4 aliphatic carbocycles. The first kappa shape index (κ1) is 14.3. The Kier molecular flexibility index (Phi) is 3.28. The topological polar surface area (TPSA) is 40.5 Å². The van der Waals surface area contributed by atoms with Gasteiger partial charge in [0.05, 0.1) is 0 Å². The molecule has 0 heterocycles. The Labute approximate surface area is 128 Å². The van der Waals surface area contributed by atoms with Crippen LogP contribution in [0.15, 0.2) is 12.2 Å².